The second-order valence-electron chi connectivity index (χ2n) is 3.62. The normalized spacial score (nSPS) is 16.4. The molecule has 0 aromatic carbocycles. The van der Waals surface area contributed by atoms with E-state index in [-0.39, 0.29) is 24.8 Å². The fourth-order valence-corrected chi connectivity index (χ4v) is 3.51. The summed E-state index contributed by atoms with van der Waals surface area (Å²) in [6.07, 6.45) is 7.03. The fraction of sp³-hybridized carbons (Fsp3) is 0.636. The van der Waals surface area contributed by atoms with Crippen molar-refractivity contribution in [2.45, 2.75) is 44.1 Å². The molecule has 0 bridgehead atoms. The number of rotatable bonds is 4. The molecule has 0 aromatic heterocycles. The Kier molecular flexibility index (Phi) is 11.3. The Balaban J connectivity index is 0. The van der Waals surface area contributed by atoms with Crippen LogP contribution in [0.25, 0.3) is 0 Å². The van der Waals surface area contributed by atoms with Gasteiger partial charge in [0, 0.05) is 0 Å². The third-order valence-corrected chi connectivity index (χ3v) is 4.35. The van der Waals surface area contributed by atoms with Crippen LogP contribution in [-0.2, 0) is 20.4 Å². The minimum absolute atomic E-state index is 0. The molecule has 0 spiro atoms. The molecule has 1 rings (SSSR count). The maximum atomic E-state index is 2.32. The summed E-state index contributed by atoms with van der Waals surface area (Å²) in [6.45, 7) is 6.84. The largest absolute Gasteiger partial charge is 1.00 e. The predicted octanol–water partition coefficient (Wildman–Crippen LogP) is -2.32. The Labute approximate surface area is 122 Å². The van der Waals surface area contributed by atoms with Crippen LogP contribution in [0.4, 0.5) is 0 Å². The van der Waals surface area contributed by atoms with Crippen LogP contribution in [0.2, 0.25) is 0 Å². The summed E-state index contributed by atoms with van der Waals surface area (Å²) in [5.74, 6) is 0. The van der Waals surface area contributed by atoms with Gasteiger partial charge >= 0.3 is 97.9 Å². The summed E-state index contributed by atoms with van der Waals surface area (Å²) >= 11 is 4.35. The second kappa shape index (κ2) is 9.19. The molecule has 0 heterocycles. The Hall–Kier alpha value is 1.12. The van der Waals surface area contributed by atoms with E-state index < -0.39 is 0 Å². The van der Waals surface area contributed by atoms with Crippen LogP contribution in [0, 0.1) is 0 Å². The Morgan fingerprint density at radius 1 is 1.40 bits per heavy atom. The maximum absolute atomic E-state index is 2.32. The minimum Gasteiger partial charge on any atom is -1.00 e. The van der Waals surface area contributed by atoms with Crippen LogP contribution in [0.1, 0.15) is 33.6 Å². The van der Waals surface area contributed by atoms with Gasteiger partial charge in [-0.05, 0) is 0 Å². The fourth-order valence-electron chi connectivity index (χ4n) is 1.54. The van der Waals surface area contributed by atoms with E-state index in [9.17, 15) is 0 Å². The van der Waals surface area contributed by atoms with E-state index in [4.69, 9.17) is 0 Å². The summed E-state index contributed by atoms with van der Waals surface area (Å²) in [6, 6.07) is 0. The predicted molar refractivity (Wildman–Crippen MR) is 57.6 cm³/mol. The van der Waals surface area contributed by atoms with Gasteiger partial charge in [0.1, 0.15) is 0 Å². The zero-order valence-electron chi connectivity index (χ0n) is 9.39. The third kappa shape index (κ3) is 5.84. The topological polar surface area (TPSA) is 0 Å². The first-order valence-electron chi connectivity index (χ1n) is 4.91. The van der Waals surface area contributed by atoms with Crippen molar-refractivity contribution >= 4 is 11.8 Å². The molecule has 1 aliphatic carbocycles. The van der Waals surface area contributed by atoms with Gasteiger partial charge in [-0.1, -0.05) is 0 Å². The molecule has 4 heteroatoms. The number of allylic oxidation sites excluding steroid dienone is 3. The first-order valence-corrected chi connectivity index (χ1v) is 6.64. The average Bonchev–Trinajstić information content (AvgIpc) is 2.47. The van der Waals surface area contributed by atoms with Crippen molar-refractivity contribution < 1.29 is 45.2 Å². The second-order valence-corrected chi connectivity index (χ2v) is 6.35. The van der Waals surface area contributed by atoms with E-state index in [1.54, 1.807) is 9.45 Å². The van der Waals surface area contributed by atoms with Crippen molar-refractivity contribution in [3.63, 3.8) is 0 Å². The van der Waals surface area contributed by atoms with Crippen molar-refractivity contribution in [3.05, 3.63) is 21.6 Å². The maximum Gasteiger partial charge on any atom is -1.00 e. The molecule has 0 amide bonds. The zero-order valence-corrected chi connectivity index (χ0v) is 13.3. The monoisotopic (exact) mass is 299 g/mol. The summed E-state index contributed by atoms with van der Waals surface area (Å²) in [4.78, 5) is 0. The SMILES string of the molecule is CCC(SC(C)C)C1=[C]([Ti+2])CC=C1.[Cl-].[Cl-]. The van der Waals surface area contributed by atoms with Crippen LogP contribution in [-0.4, -0.2) is 10.5 Å². The molecule has 0 radical (unpaired) electrons. The molecule has 0 saturated carbocycles. The molecular weight excluding hydrogens is 283 g/mol. The van der Waals surface area contributed by atoms with Crippen LogP contribution in [0.5, 0.6) is 0 Å². The van der Waals surface area contributed by atoms with E-state index >= 15 is 0 Å². The third-order valence-electron chi connectivity index (χ3n) is 2.12. The van der Waals surface area contributed by atoms with E-state index in [0.29, 0.717) is 0 Å². The van der Waals surface area contributed by atoms with Gasteiger partial charge in [-0.3, -0.25) is 0 Å². The van der Waals surface area contributed by atoms with E-state index in [1.807, 2.05) is 0 Å². The van der Waals surface area contributed by atoms with Crippen molar-refractivity contribution in [2.24, 2.45) is 0 Å². The molecule has 0 fully saturated rings. The molecular formula is C11H17Cl2STi. The van der Waals surface area contributed by atoms with Crippen LogP contribution < -0.4 is 24.8 Å². The Bertz CT molecular complexity index is 237. The van der Waals surface area contributed by atoms with Gasteiger partial charge in [0.25, 0.3) is 0 Å². The Morgan fingerprint density at radius 3 is 2.33 bits per heavy atom. The summed E-state index contributed by atoms with van der Waals surface area (Å²) < 4.78 is 1.57. The smallest absolute Gasteiger partial charge is 1.00 e. The van der Waals surface area contributed by atoms with Crippen molar-refractivity contribution in [1.29, 1.82) is 0 Å². The van der Waals surface area contributed by atoms with Crippen LogP contribution in [0.3, 0.4) is 0 Å². The first kappa shape index (κ1) is 18.5. The Morgan fingerprint density at radius 2 is 2.00 bits per heavy atom. The zero-order chi connectivity index (χ0) is 9.84. The van der Waals surface area contributed by atoms with Gasteiger partial charge in [0.05, 0.1) is 0 Å². The standard InChI is InChI=1S/C11H17S.2ClH.Ti/c1-4-11(12-9(2)3)10-7-5-6-8-10;;;/h5,7,9,11H,4,6H2,1-3H3;2*1H;/q;;;+2/p-2. The van der Waals surface area contributed by atoms with Crippen LogP contribution in [0.15, 0.2) is 21.6 Å². The summed E-state index contributed by atoms with van der Waals surface area (Å²) in [5.41, 5.74) is 1.58. The van der Waals surface area contributed by atoms with E-state index in [1.165, 1.54) is 12.8 Å². The minimum atomic E-state index is 0. The molecule has 15 heavy (non-hydrogen) atoms. The van der Waals surface area contributed by atoms with Gasteiger partial charge in [0.2, 0.25) is 0 Å². The first-order chi connectivity index (χ1) is 6.15. The molecule has 0 nitrogen and oxygen atoms in total. The van der Waals surface area contributed by atoms with Gasteiger partial charge in [0.15, 0.2) is 0 Å². The number of thioether (sulfide) groups is 1. The molecule has 0 aliphatic heterocycles. The van der Waals surface area contributed by atoms with E-state index in [0.717, 1.165) is 10.5 Å². The summed E-state index contributed by atoms with van der Waals surface area (Å²) in [5, 5.41) is 1.46. The molecule has 85 valence electrons. The summed E-state index contributed by atoms with van der Waals surface area (Å²) in [7, 11) is 0. The average molecular weight is 300 g/mol. The molecule has 1 aliphatic rings. The number of hydrogen-bond donors (Lipinski definition) is 0. The molecule has 1 unspecified atom stereocenters. The van der Waals surface area contributed by atoms with Crippen molar-refractivity contribution in [3.8, 4) is 0 Å². The van der Waals surface area contributed by atoms with Gasteiger partial charge < -0.3 is 24.8 Å². The van der Waals surface area contributed by atoms with Gasteiger partial charge in [-0.2, -0.15) is 0 Å². The molecule has 0 saturated heterocycles. The number of halogens is 2. The van der Waals surface area contributed by atoms with Crippen molar-refractivity contribution in [1.82, 2.24) is 0 Å². The molecule has 0 N–H and O–H groups in total. The van der Waals surface area contributed by atoms with Crippen molar-refractivity contribution in [2.75, 3.05) is 0 Å². The van der Waals surface area contributed by atoms with Gasteiger partial charge in [-0.15, -0.1) is 0 Å². The number of hydrogen-bond acceptors (Lipinski definition) is 1. The van der Waals surface area contributed by atoms with Crippen LogP contribution >= 0.6 is 11.8 Å². The van der Waals surface area contributed by atoms with Gasteiger partial charge in [-0.25, -0.2) is 0 Å². The molecule has 1 atom stereocenters. The van der Waals surface area contributed by atoms with E-state index in [2.05, 4.69) is 65.1 Å². The molecule has 0 aromatic rings. The quantitative estimate of drug-likeness (QED) is 0.525.